The second kappa shape index (κ2) is 9.27. The maximum absolute atomic E-state index is 13.2. The fourth-order valence-corrected chi connectivity index (χ4v) is 4.96. The number of hydrogen-bond donors (Lipinski definition) is 1. The van der Waals surface area contributed by atoms with Gasteiger partial charge in [-0.05, 0) is 65.4 Å². The first-order valence-corrected chi connectivity index (χ1v) is 11.7. The average molecular weight is 531 g/mol. The summed E-state index contributed by atoms with van der Waals surface area (Å²) in [6.07, 6.45) is 5.74. The molecule has 3 aromatic rings. The maximum Gasteiger partial charge on any atom is 0.332 e. The van der Waals surface area contributed by atoms with E-state index >= 15 is 0 Å². The van der Waals surface area contributed by atoms with Crippen LogP contribution in [0.15, 0.2) is 32.9 Å². The molecule has 2 heterocycles. The summed E-state index contributed by atoms with van der Waals surface area (Å²) in [5.74, 6) is 1.14. The van der Waals surface area contributed by atoms with Crippen molar-refractivity contribution in [2.75, 3.05) is 0 Å². The second-order valence-electron chi connectivity index (χ2n) is 7.92. The first-order chi connectivity index (χ1) is 15.0. The molecule has 0 saturated heterocycles. The third kappa shape index (κ3) is 4.27. The Hall–Kier alpha value is -2.59. The molecular weight excluding hydrogens is 507 g/mol. The fourth-order valence-electron chi connectivity index (χ4n) is 4.28. The molecule has 0 radical (unpaired) electrons. The van der Waals surface area contributed by atoms with Gasteiger partial charge in [-0.2, -0.15) is 0 Å². The van der Waals surface area contributed by atoms with Gasteiger partial charge in [-0.3, -0.25) is 13.9 Å². The lowest BCUT2D eigenvalue weighted by atomic mass is 10.1. The van der Waals surface area contributed by atoms with Gasteiger partial charge >= 0.3 is 5.69 Å². The van der Waals surface area contributed by atoms with Crippen LogP contribution < -0.4 is 11.2 Å². The summed E-state index contributed by atoms with van der Waals surface area (Å²) in [5, 5.41) is 3.67. The number of halogens is 1. The summed E-state index contributed by atoms with van der Waals surface area (Å²) in [6.45, 7) is 2.74. The second-order valence-corrected chi connectivity index (χ2v) is 9.08. The summed E-state index contributed by atoms with van der Waals surface area (Å²) in [4.78, 5) is 37.0. The summed E-state index contributed by atoms with van der Waals surface area (Å²) >= 11 is 2.13. The third-order valence-electron chi connectivity index (χ3n) is 5.86. The number of benzene rings is 1. The number of H-pyrrole nitrogens is 1. The highest BCUT2D eigenvalue weighted by Crippen LogP contribution is 2.33. The van der Waals surface area contributed by atoms with Gasteiger partial charge in [0, 0.05) is 27.5 Å². The van der Waals surface area contributed by atoms with Crippen molar-refractivity contribution < 1.29 is 0 Å². The van der Waals surface area contributed by atoms with Crippen LogP contribution in [0.4, 0.5) is 5.69 Å². The lowest BCUT2D eigenvalue weighted by Crippen LogP contribution is -2.40. The molecule has 4 rings (SSSR count). The van der Waals surface area contributed by atoms with Crippen molar-refractivity contribution in [3.05, 3.63) is 64.4 Å². The van der Waals surface area contributed by atoms with Gasteiger partial charge < -0.3 is 4.98 Å². The van der Waals surface area contributed by atoms with E-state index in [1.54, 1.807) is 10.6 Å². The Morgan fingerprint density at radius 3 is 2.71 bits per heavy atom. The number of aromatic amines is 1. The summed E-state index contributed by atoms with van der Waals surface area (Å²) in [7, 11) is 0. The number of imidazole rings is 1. The van der Waals surface area contributed by atoms with E-state index in [1.807, 2.05) is 19.1 Å². The van der Waals surface area contributed by atoms with E-state index < -0.39 is 0 Å². The standard InChI is InChI=1S/C21H24IN7O2/c1-2-10-29-20(30)17-19(25-18(24-17)14-5-3-4-6-14)28(21(29)31)11-9-13-7-8-16(26-27-23)15(22)12-13/h7-8,12,14H,2-6,9-11H2,1H3,(H,24,25)/i22-2. The van der Waals surface area contributed by atoms with Crippen LogP contribution in [0, 0.1) is 3.57 Å². The van der Waals surface area contributed by atoms with Crippen molar-refractivity contribution in [1.82, 2.24) is 19.1 Å². The minimum Gasteiger partial charge on any atom is -0.336 e. The Kier molecular flexibility index (Phi) is 6.47. The molecule has 1 fully saturated rings. The Balaban J connectivity index is 1.74. The molecule has 0 spiro atoms. The lowest BCUT2D eigenvalue weighted by Gasteiger charge is -2.11. The molecule has 0 aliphatic heterocycles. The van der Waals surface area contributed by atoms with Gasteiger partial charge in [-0.25, -0.2) is 9.78 Å². The van der Waals surface area contributed by atoms with Crippen LogP contribution in [0.3, 0.4) is 0 Å². The zero-order chi connectivity index (χ0) is 22.0. The monoisotopic (exact) mass is 531 g/mol. The molecule has 10 heteroatoms. The number of hydrogen-bond acceptors (Lipinski definition) is 4. The van der Waals surface area contributed by atoms with Crippen molar-refractivity contribution >= 4 is 39.4 Å². The SMILES string of the molecule is CCCn1c(=O)c2[nH]c(C3CCCC3)nc2n(CCc2ccc(N=[N+]=[N-])c([125I])c2)c1=O. The molecular formula is C21H24IN7O2. The minimum atomic E-state index is -0.316. The van der Waals surface area contributed by atoms with Crippen LogP contribution in [-0.2, 0) is 19.5 Å². The van der Waals surface area contributed by atoms with E-state index in [0.29, 0.717) is 48.7 Å². The molecule has 1 saturated carbocycles. The van der Waals surface area contributed by atoms with E-state index in [9.17, 15) is 9.59 Å². The molecule has 1 aromatic carbocycles. The van der Waals surface area contributed by atoms with Crippen molar-refractivity contribution in [2.24, 2.45) is 5.11 Å². The number of nitrogens with zero attached hydrogens (tertiary/aromatic N) is 6. The largest absolute Gasteiger partial charge is 0.336 e. The van der Waals surface area contributed by atoms with E-state index in [-0.39, 0.29) is 11.2 Å². The van der Waals surface area contributed by atoms with Crippen molar-refractivity contribution in [2.45, 2.75) is 64.5 Å². The molecule has 1 aliphatic carbocycles. The Bertz CT molecular complexity index is 1280. The van der Waals surface area contributed by atoms with Crippen molar-refractivity contribution in [3.63, 3.8) is 0 Å². The molecule has 1 N–H and O–H groups in total. The Morgan fingerprint density at radius 1 is 1.26 bits per heavy atom. The average Bonchev–Trinajstić information content (AvgIpc) is 3.43. The van der Waals surface area contributed by atoms with Crippen molar-refractivity contribution in [1.29, 1.82) is 0 Å². The van der Waals surface area contributed by atoms with Crippen LogP contribution in [0.1, 0.15) is 56.3 Å². The van der Waals surface area contributed by atoms with Crippen molar-refractivity contribution in [3.8, 4) is 0 Å². The number of aromatic nitrogens is 4. The molecule has 0 bridgehead atoms. The van der Waals surface area contributed by atoms with Crippen LogP contribution in [-0.4, -0.2) is 19.1 Å². The highest BCUT2D eigenvalue weighted by Gasteiger charge is 2.23. The van der Waals surface area contributed by atoms with Crippen LogP contribution in [0.2, 0.25) is 0 Å². The number of fused-ring (bicyclic) bond motifs is 1. The van der Waals surface area contributed by atoms with E-state index in [2.05, 4.69) is 37.6 Å². The lowest BCUT2D eigenvalue weighted by molar-refractivity contribution is 0.559. The highest BCUT2D eigenvalue weighted by atomic mass is 125. The smallest absolute Gasteiger partial charge is 0.332 e. The Morgan fingerprint density at radius 2 is 2.03 bits per heavy atom. The highest BCUT2D eigenvalue weighted by molar-refractivity contribution is 14.1. The molecule has 2 aromatic heterocycles. The molecule has 9 nitrogen and oxygen atoms in total. The molecule has 0 unspecified atom stereocenters. The Labute approximate surface area is 192 Å². The van der Waals surface area contributed by atoms with Gasteiger partial charge in [0.1, 0.15) is 11.3 Å². The van der Waals surface area contributed by atoms with E-state index in [1.165, 1.54) is 17.4 Å². The zero-order valence-electron chi connectivity index (χ0n) is 17.3. The van der Waals surface area contributed by atoms with Crippen LogP contribution >= 0.6 is 22.6 Å². The van der Waals surface area contributed by atoms with Gasteiger partial charge in [0.05, 0.1) is 5.69 Å². The first kappa shape index (κ1) is 21.6. The topological polar surface area (TPSA) is 121 Å². The van der Waals surface area contributed by atoms with Gasteiger partial charge in [0.2, 0.25) is 0 Å². The predicted octanol–water partition coefficient (Wildman–Crippen LogP) is 4.74. The molecule has 0 atom stereocenters. The number of aryl methyl sites for hydroxylation is 2. The third-order valence-corrected chi connectivity index (χ3v) is 6.72. The summed E-state index contributed by atoms with van der Waals surface area (Å²) in [5.41, 5.74) is 10.5. The van der Waals surface area contributed by atoms with Gasteiger partial charge in [0.15, 0.2) is 5.65 Å². The van der Waals surface area contributed by atoms with Gasteiger partial charge in [0.25, 0.3) is 5.56 Å². The molecule has 162 valence electrons. The molecule has 1 aliphatic rings. The quantitative estimate of drug-likeness (QED) is 0.205. The van der Waals surface area contributed by atoms with Gasteiger partial charge in [-0.1, -0.05) is 37.0 Å². The summed E-state index contributed by atoms with van der Waals surface area (Å²) < 4.78 is 3.79. The number of azide groups is 1. The predicted molar refractivity (Wildman–Crippen MR) is 128 cm³/mol. The van der Waals surface area contributed by atoms with Gasteiger partial charge in [-0.15, -0.1) is 0 Å². The molecule has 0 amide bonds. The first-order valence-electron chi connectivity index (χ1n) is 10.6. The van der Waals surface area contributed by atoms with Crippen LogP contribution in [0.25, 0.3) is 21.6 Å². The summed E-state index contributed by atoms with van der Waals surface area (Å²) in [6, 6.07) is 5.62. The van der Waals surface area contributed by atoms with Crippen LogP contribution in [0.5, 0.6) is 0 Å². The number of rotatable bonds is 7. The van der Waals surface area contributed by atoms with E-state index in [4.69, 9.17) is 10.5 Å². The zero-order valence-corrected chi connectivity index (χ0v) is 19.5. The maximum atomic E-state index is 13.2. The number of nitrogens with one attached hydrogen (secondary N) is 1. The minimum absolute atomic E-state index is 0.289. The normalized spacial score (nSPS) is 14.3. The molecule has 31 heavy (non-hydrogen) atoms. The fraction of sp³-hybridized carbons (Fsp3) is 0.476. The van der Waals surface area contributed by atoms with E-state index in [0.717, 1.165) is 27.8 Å².